The first-order valence-electron chi connectivity index (χ1n) is 9.00. The predicted molar refractivity (Wildman–Crippen MR) is 94.5 cm³/mol. The number of aryl methyl sites for hydroxylation is 1. The lowest BCUT2D eigenvalue weighted by atomic mass is 9.97. The molecule has 0 N–H and O–H groups in total. The Hall–Kier alpha value is -2.11. The molecule has 0 aliphatic carbocycles. The molecule has 0 atom stereocenters. The Morgan fingerprint density at radius 1 is 1.20 bits per heavy atom. The summed E-state index contributed by atoms with van der Waals surface area (Å²) >= 11 is 0. The van der Waals surface area contributed by atoms with Crippen LogP contribution in [0.3, 0.4) is 0 Å². The van der Waals surface area contributed by atoms with Gasteiger partial charge in [-0.15, -0.1) is 0 Å². The molecule has 0 saturated carbocycles. The summed E-state index contributed by atoms with van der Waals surface area (Å²) in [7, 11) is 0. The zero-order chi connectivity index (χ0) is 18.2. The van der Waals surface area contributed by atoms with Crippen LogP contribution in [0.1, 0.15) is 55.4 Å². The molecule has 136 valence electrons. The van der Waals surface area contributed by atoms with Crippen LogP contribution in [-0.2, 0) is 11.2 Å². The third-order valence-corrected chi connectivity index (χ3v) is 4.75. The standard InChI is InChI=1S/C19H27N3O3/c1-13-5-6-15-16(20-13)9-12-22(17(15)23)14-7-10-21(11-8-14)18(24)25-19(2,3)4/h5-6,14H,7-12H2,1-4H3. The largest absolute Gasteiger partial charge is 0.444 e. The van der Waals surface area contributed by atoms with Gasteiger partial charge in [-0.1, -0.05) is 0 Å². The fourth-order valence-electron chi connectivity index (χ4n) is 3.51. The fourth-order valence-corrected chi connectivity index (χ4v) is 3.51. The molecule has 1 aromatic heterocycles. The van der Waals surface area contributed by atoms with Gasteiger partial charge in [-0.3, -0.25) is 9.78 Å². The van der Waals surface area contributed by atoms with E-state index in [2.05, 4.69) is 4.98 Å². The number of carbonyl (C=O) groups excluding carboxylic acids is 2. The van der Waals surface area contributed by atoms with Crippen molar-refractivity contribution < 1.29 is 14.3 Å². The Labute approximate surface area is 149 Å². The highest BCUT2D eigenvalue weighted by Gasteiger charge is 2.34. The summed E-state index contributed by atoms with van der Waals surface area (Å²) in [6, 6.07) is 3.97. The lowest BCUT2D eigenvalue weighted by Gasteiger charge is -2.40. The molecule has 0 bridgehead atoms. The molecular formula is C19H27N3O3. The average Bonchev–Trinajstić information content (AvgIpc) is 2.53. The van der Waals surface area contributed by atoms with Crippen molar-refractivity contribution in [1.82, 2.24) is 14.8 Å². The van der Waals surface area contributed by atoms with Crippen LogP contribution in [-0.4, -0.2) is 58.1 Å². The molecule has 6 heteroatoms. The topological polar surface area (TPSA) is 62.7 Å². The molecular weight excluding hydrogens is 318 g/mol. The average molecular weight is 345 g/mol. The Balaban J connectivity index is 1.61. The molecule has 3 heterocycles. The third kappa shape index (κ3) is 3.94. The molecule has 2 aliphatic rings. The van der Waals surface area contributed by atoms with E-state index in [0.29, 0.717) is 19.6 Å². The van der Waals surface area contributed by atoms with Crippen molar-refractivity contribution >= 4 is 12.0 Å². The molecule has 0 spiro atoms. The van der Waals surface area contributed by atoms with Gasteiger partial charge >= 0.3 is 6.09 Å². The van der Waals surface area contributed by atoms with Crippen molar-refractivity contribution in [1.29, 1.82) is 0 Å². The maximum atomic E-state index is 12.8. The van der Waals surface area contributed by atoms with Crippen LogP contribution in [0.25, 0.3) is 0 Å². The molecule has 0 aromatic carbocycles. The first kappa shape index (κ1) is 17.7. The van der Waals surface area contributed by atoms with E-state index in [1.54, 1.807) is 4.90 Å². The quantitative estimate of drug-likeness (QED) is 0.785. The summed E-state index contributed by atoms with van der Waals surface area (Å²) in [5.74, 6) is 0.0736. The van der Waals surface area contributed by atoms with Crippen LogP contribution in [0, 0.1) is 6.92 Å². The molecule has 2 aliphatic heterocycles. The summed E-state index contributed by atoms with van der Waals surface area (Å²) in [4.78, 5) is 33.2. The Morgan fingerprint density at radius 2 is 1.88 bits per heavy atom. The first-order valence-corrected chi connectivity index (χ1v) is 9.00. The molecule has 25 heavy (non-hydrogen) atoms. The summed E-state index contributed by atoms with van der Waals surface area (Å²) < 4.78 is 5.43. The zero-order valence-corrected chi connectivity index (χ0v) is 15.5. The fraction of sp³-hybridized carbons (Fsp3) is 0.632. The monoisotopic (exact) mass is 345 g/mol. The number of aromatic nitrogens is 1. The highest BCUT2D eigenvalue weighted by Crippen LogP contribution is 2.25. The van der Waals surface area contributed by atoms with Gasteiger partial charge in [0.25, 0.3) is 5.91 Å². The number of hydrogen-bond acceptors (Lipinski definition) is 4. The summed E-state index contributed by atoms with van der Waals surface area (Å²) in [6.07, 6.45) is 2.12. The second-order valence-electron chi connectivity index (χ2n) is 7.89. The van der Waals surface area contributed by atoms with Gasteiger partial charge in [0.1, 0.15) is 5.60 Å². The summed E-state index contributed by atoms with van der Waals surface area (Å²) in [5.41, 5.74) is 2.11. The molecule has 1 aromatic rings. The molecule has 6 nitrogen and oxygen atoms in total. The number of fused-ring (bicyclic) bond motifs is 1. The molecule has 0 radical (unpaired) electrons. The van der Waals surface area contributed by atoms with Crippen molar-refractivity contribution in [3.8, 4) is 0 Å². The number of carbonyl (C=O) groups is 2. The van der Waals surface area contributed by atoms with Gasteiger partial charge in [-0.25, -0.2) is 4.79 Å². The van der Waals surface area contributed by atoms with E-state index in [-0.39, 0.29) is 18.0 Å². The van der Waals surface area contributed by atoms with Crippen LogP contribution < -0.4 is 0 Å². The number of nitrogens with zero attached hydrogens (tertiary/aromatic N) is 3. The number of likely N-dealkylation sites (tertiary alicyclic amines) is 1. The third-order valence-electron chi connectivity index (χ3n) is 4.75. The van der Waals surface area contributed by atoms with Gasteiger partial charge in [-0.2, -0.15) is 0 Å². The lowest BCUT2D eigenvalue weighted by molar-refractivity contribution is 0.0144. The number of ether oxygens (including phenoxy) is 1. The zero-order valence-electron chi connectivity index (χ0n) is 15.5. The maximum Gasteiger partial charge on any atom is 0.410 e. The minimum atomic E-state index is -0.481. The highest BCUT2D eigenvalue weighted by atomic mass is 16.6. The minimum Gasteiger partial charge on any atom is -0.444 e. The predicted octanol–water partition coefficient (Wildman–Crippen LogP) is 2.79. The molecule has 0 unspecified atom stereocenters. The summed E-state index contributed by atoms with van der Waals surface area (Å²) in [6.45, 7) is 9.53. The molecule has 1 fully saturated rings. The van der Waals surface area contributed by atoms with Crippen LogP contribution in [0.5, 0.6) is 0 Å². The van der Waals surface area contributed by atoms with E-state index >= 15 is 0 Å². The minimum absolute atomic E-state index is 0.0736. The van der Waals surface area contributed by atoms with Gasteiger partial charge in [-0.05, 0) is 52.7 Å². The van der Waals surface area contributed by atoms with E-state index in [0.717, 1.165) is 36.2 Å². The van der Waals surface area contributed by atoms with Crippen LogP contribution in [0.2, 0.25) is 0 Å². The Bertz CT molecular complexity index is 673. The smallest absolute Gasteiger partial charge is 0.410 e. The second kappa shape index (κ2) is 6.65. The van der Waals surface area contributed by atoms with Crippen molar-refractivity contribution in [3.63, 3.8) is 0 Å². The van der Waals surface area contributed by atoms with Gasteiger partial charge in [0.05, 0.1) is 11.3 Å². The van der Waals surface area contributed by atoms with Gasteiger partial charge in [0.15, 0.2) is 0 Å². The normalized spacial score (nSPS) is 19.0. The number of pyridine rings is 1. The van der Waals surface area contributed by atoms with Crippen LogP contribution in [0.15, 0.2) is 12.1 Å². The summed E-state index contributed by atoms with van der Waals surface area (Å²) in [5, 5.41) is 0. The van der Waals surface area contributed by atoms with Crippen LogP contribution >= 0.6 is 0 Å². The number of piperidine rings is 1. The molecule has 1 saturated heterocycles. The van der Waals surface area contributed by atoms with E-state index < -0.39 is 5.60 Å². The van der Waals surface area contributed by atoms with Gasteiger partial charge in [0, 0.05) is 37.8 Å². The van der Waals surface area contributed by atoms with E-state index in [1.807, 2.05) is 44.7 Å². The Kier molecular flexibility index (Phi) is 4.71. The lowest BCUT2D eigenvalue weighted by Crippen LogP contribution is -2.51. The molecule has 2 amide bonds. The Morgan fingerprint density at radius 3 is 2.52 bits per heavy atom. The van der Waals surface area contributed by atoms with Crippen molar-refractivity contribution in [2.24, 2.45) is 0 Å². The van der Waals surface area contributed by atoms with Crippen LogP contribution in [0.4, 0.5) is 4.79 Å². The second-order valence-corrected chi connectivity index (χ2v) is 7.89. The molecule has 3 rings (SSSR count). The van der Waals surface area contributed by atoms with E-state index in [1.165, 1.54) is 0 Å². The van der Waals surface area contributed by atoms with Crippen molar-refractivity contribution in [2.75, 3.05) is 19.6 Å². The van der Waals surface area contributed by atoms with E-state index in [4.69, 9.17) is 4.74 Å². The van der Waals surface area contributed by atoms with Crippen molar-refractivity contribution in [2.45, 2.75) is 58.6 Å². The highest BCUT2D eigenvalue weighted by molar-refractivity contribution is 5.96. The number of hydrogen-bond donors (Lipinski definition) is 0. The van der Waals surface area contributed by atoms with E-state index in [9.17, 15) is 9.59 Å². The number of rotatable bonds is 1. The first-order chi connectivity index (χ1) is 11.7. The van der Waals surface area contributed by atoms with Gasteiger partial charge in [0.2, 0.25) is 0 Å². The SMILES string of the molecule is Cc1ccc2c(n1)CCN(C1CCN(C(=O)OC(C)(C)C)CC1)C2=O. The number of amides is 2. The maximum absolute atomic E-state index is 12.8. The van der Waals surface area contributed by atoms with Gasteiger partial charge < -0.3 is 14.5 Å². The van der Waals surface area contributed by atoms with Crippen molar-refractivity contribution in [3.05, 3.63) is 29.1 Å².